The lowest BCUT2D eigenvalue weighted by molar-refractivity contribution is -0.0281. The Labute approximate surface area is 112 Å². The van der Waals surface area contributed by atoms with Crippen LogP contribution in [0.3, 0.4) is 0 Å². The van der Waals surface area contributed by atoms with Crippen molar-refractivity contribution in [2.45, 2.75) is 95.8 Å². The normalized spacial score (nSPS) is 41.8. The third-order valence-corrected chi connectivity index (χ3v) is 5.80. The molecule has 0 aromatic heterocycles. The molecule has 0 aromatic carbocycles. The summed E-state index contributed by atoms with van der Waals surface area (Å²) < 4.78 is 0. The minimum atomic E-state index is 0.483. The van der Waals surface area contributed by atoms with E-state index in [1.165, 1.54) is 57.8 Å². The summed E-state index contributed by atoms with van der Waals surface area (Å²) in [6.45, 7) is 4.88. The van der Waals surface area contributed by atoms with Gasteiger partial charge in [0, 0.05) is 24.2 Å². The maximum atomic E-state index is 6.23. The van der Waals surface area contributed by atoms with Crippen LogP contribution < -0.4 is 5.73 Å². The highest BCUT2D eigenvalue weighted by atomic mass is 15.2. The Morgan fingerprint density at radius 1 is 0.889 bits per heavy atom. The Bertz CT molecular complexity index is 275. The molecule has 104 valence electrons. The van der Waals surface area contributed by atoms with E-state index in [0.29, 0.717) is 11.5 Å². The predicted molar refractivity (Wildman–Crippen MR) is 76.5 cm³/mol. The van der Waals surface area contributed by atoms with E-state index < -0.39 is 0 Å². The highest BCUT2D eigenvalue weighted by Crippen LogP contribution is 2.42. The van der Waals surface area contributed by atoms with Gasteiger partial charge in [-0.05, 0) is 56.8 Å². The number of nitrogens with two attached hydrogens (primary N) is 1. The van der Waals surface area contributed by atoms with Gasteiger partial charge in [0.25, 0.3) is 0 Å². The zero-order valence-corrected chi connectivity index (χ0v) is 12.2. The van der Waals surface area contributed by atoms with Crippen molar-refractivity contribution in [1.82, 2.24) is 4.90 Å². The molecule has 3 rings (SSSR count). The zero-order valence-electron chi connectivity index (χ0n) is 12.2. The van der Waals surface area contributed by atoms with Gasteiger partial charge in [0.05, 0.1) is 0 Å². The fourth-order valence-electron chi connectivity index (χ4n) is 4.74. The lowest BCUT2D eigenvalue weighted by Crippen LogP contribution is -2.59. The summed E-state index contributed by atoms with van der Waals surface area (Å²) in [6.07, 6.45) is 12.5. The van der Waals surface area contributed by atoms with E-state index in [-0.39, 0.29) is 0 Å². The van der Waals surface area contributed by atoms with E-state index in [9.17, 15) is 0 Å². The average Bonchev–Trinajstić information content (AvgIpc) is 2.28. The Hall–Kier alpha value is -0.0800. The van der Waals surface area contributed by atoms with Crippen molar-refractivity contribution in [2.24, 2.45) is 11.1 Å². The second-order valence-corrected chi connectivity index (χ2v) is 7.81. The number of piperidine rings is 2. The van der Waals surface area contributed by atoms with Gasteiger partial charge in [0.2, 0.25) is 0 Å². The molecule has 2 saturated heterocycles. The van der Waals surface area contributed by atoms with Crippen molar-refractivity contribution >= 4 is 0 Å². The van der Waals surface area contributed by atoms with Gasteiger partial charge in [0.1, 0.15) is 0 Å². The van der Waals surface area contributed by atoms with Crippen LogP contribution in [0, 0.1) is 5.41 Å². The van der Waals surface area contributed by atoms with E-state index in [1.54, 1.807) is 0 Å². The van der Waals surface area contributed by atoms with Crippen LogP contribution in [0.4, 0.5) is 0 Å². The highest BCUT2D eigenvalue weighted by molar-refractivity contribution is 4.98. The monoisotopic (exact) mass is 250 g/mol. The van der Waals surface area contributed by atoms with Crippen LogP contribution in [0.1, 0.15) is 71.6 Å². The molecule has 2 heterocycles. The zero-order chi connectivity index (χ0) is 12.8. The molecule has 3 fully saturated rings. The van der Waals surface area contributed by atoms with E-state index in [2.05, 4.69) is 18.7 Å². The van der Waals surface area contributed by atoms with Gasteiger partial charge in [0.15, 0.2) is 0 Å². The number of hydrogen-bond acceptors (Lipinski definition) is 2. The first-order valence-corrected chi connectivity index (χ1v) is 8.08. The van der Waals surface area contributed by atoms with Crippen LogP contribution in [0.15, 0.2) is 0 Å². The van der Waals surface area contributed by atoms with Gasteiger partial charge in [-0.1, -0.05) is 20.3 Å². The van der Waals surface area contributed by atoms with Crippen LogP contribution in [-0.4, -0.2) is 29.1 Å². The molecule has 3 aliphatic rings. The Morgan fingerprint density at radius 3 is 2.00 bits per heavy atom. The van der Waals surface area contributed by atoms with Crippen molar-refractivity contribution in [1.29, 1.82) is 0 Å². The van der Waals surface area contributed by atoms with Crippen LogP contribution in [0.2, 0.25) is 0 Å². The summed E-state index contributed by atoms with van der Waals surface area (Å²) >= 11 is 0. The smallest absolute Gasteiger partial charge is 0.0116 e. The van der Waals surface area contributed by atoms with Gasteiger partial charge in [-0.3, -0.25) is 4.90 Å². The summed E-state index contributed by atoms with van der Waals surface area (Å²) in [6, 6.07) is 3.00. The molecule has 0 aromatic rings. The number of fused-ring (bicyclic) bond motifs is 2. The lowest BCUT2D eigenvalue weighted by atomic mass is 9.72. The maximum absolute atomic E-state index is 6.23. The molecule has 2 bridgehead atoms. The third-order valence-electron chi connectivity index (χ3n) is 5.80. The number of nitrogens with zero attached hydrogens (tertiary/aromatic N) is 1. The van der Waals surface area contributed by atoms with Gasteiger partial charge < -0.3 is 5.73 Å². The van der Waals surface area contributed by atoms with Crippen molar-refractivity contribution in [2.75, 3.05) is 0 Å². The maximum Gasteiger partial charge on any atom is 0.0116 e. The first-order chi connectivity index (χ1) is 8.55. The molecule has 0 radical (unpaired) electrons. The quantitative estimate of drug-likeness (QED) is 0.773. The SMILES string of the molecule is CC1(C)CCC(N2C3CCCC2CC(N)C3)CC1. The van der Waals surface area contributed by atoms with Crippen molar-refractivity contribution in [3.8, 4) is 0 Å². The second kappa shape index (κ2) is 4.79. The van der Waals surface area contributed by atoms with Crippen molar-refractivity contribution in [3.63, 3.8) is 0 Å². The molecule has 18 heavy (non-hydrogen) atoms. The average molecular weight is 250 g/mol. The molecular weight excluding hydrogens is 220 g/mol. The predicted octanol–water partition coefficient (Wildman–Crippen LogP) is 3.30. The van der Waals surface area contributed by atoms with Crippen molar-refractivity contribution in [3.05, 3.63) is 0 Å². The van der Waals surface area contributed by atoms with Crippen LogP contribution in [-0.2, 0) is 0 Å². The topological polar surface area (TPSA) is 29.3 Å². The molecule has 2 aliphatic heterocycles. The molecule has 2 nitrogen and oxygen atoms in total. The molecule has 2 heteroatoms. The highest BCUT2D eigenvalue weighted by Gasteiger charge is 2.42. The largest absolute Gasteiger partial charge is 0.328 e. The van der Waals surface area contributed by atoms with Gasteiger partial charge >= 0.3 is 0 Å². The van der Waals surface area contributed by atoms with E-state index in [4.69, 9.17) is 5.73 Å². The first kappa shape index (κ1) is 12.9. The molecule has 2 atom stereocenters. The molecule has 2 N–H and O–H groups in total. The molecule has 1 saturated carbocycles. The Kier molecular flexibility index (Phi) is 3.44. The summed E-state index contributed by atoms with van der Waals surface area (Å²) in [5.41, 5.74) is 6.83. The summed E-state index contributed by atoms with van der Waals surface area (Å²) in [5.74, 6) is 0. The fourth-order valence-corrected chi connectivity index (χ4v) is 4.74. The minimum absolute atomic E-state index is 0.483. The fraction of sp³-hybridized carbons (Fsp3) is 1.00. The molecule has 2 unspecified atom stereocenters. The lowest BCUT2D eigenvalue weighted by Gasteiger charge is -2.53. The van der Waals surface area contributed by atoms with Gasteiger partial charge in [-0.2, -0.15) is 0 Å². The molecule has 0 amide bonds. The van der Waals surface area contributed by atoms with Crippen LogP contribution >= 0.6 is 0 Å². The van der Waals surface area contributed by atoms with Crippen LogP contribution in [0.25, 0.3) is 0 Å². The summed E-state index contributed by atoms with van der Waals surface area (Å²) in [4.78, 5) is 2.92. The first-order valence-electron chi connectivity index (χ1n) is 8.08. The van der Waals surface area contributed by atoms with Crippen LogP contribution in [0.5, 0.6) is 0 Å². The minimum Gasteiger partial charge on any atom is -0.328 e. The second-order valence-electron chi connectivity index (χ2n) is 7.81. The molecular formula is C16H30N2. The van der Waals surface area contributed by atoms with E-state index >= 15 is 0 Å². The summed E-state index contributed by atoms with van der Waals surface area (Å²) in [7, 11) is 0. The van der Waals surface area contributed by atoms with Gasteiger partial charge in [-0.25, -0.2) is 0 Å². The molecule has 1 aliphatic carbocycles. The van der Waals surface area contributed by atoms with Gasteiger partial charge in [-0.15, -0.1) is 0 Å². The number of hydrogen-bond donors (Lipinski definition) is 1. The van der Waals surface area contributed by atoms with E-state index in [1.807, 2.05) is 0 Å². The third kappa shape index (κ3) is 2.46. The van der Waals surface area contributed by atoms with Crippen molar-refractivity contribution < 1.29 is 0 Å². The Morgan fingerprint density at radius 2 is 1.44 bits per heavy atom. The Balaban J connectivity index is 1.68. The number of rotatable bonds is 1. The molecule has 0 spiro atoms. The standard InChI is InChI=1S/C16H30N2/c1-16(2)8-6-13(7-9-16)18-14-4-3-5-15(18)11-12(17)10-14/h12-15H,3-11,17H2,1-2H3. The summed E-state index contributed by atoms with van der Waals surface area (Å²) in [5, 5.41) is 0. The van der Waals surface area contributed by atoms with E-state index in [0.717, 1.165) is 18.1 Å².